The summed E-state index contributed by atoms with van der Waals surface area (Å²) in [6, 6.07) is 10.1. The van der Waals surface area contributed by atoms with Gasteiger partial charge in [-0.25, -0.2) is 4.39 Å². The van der Waals surface area contributed by atoms with E-state index in [1.807, 2.05) is 0 Å². The fourth-order valence-corrected chi connectivity index (χ4v) is 0.961. The van der Waals surface area contributed by atoms with Crippen LogP contribution >= 0.6 is 0 Å². The highest BCUT2D eigenvalue weighted by Crippen LogP contribution is 2.12. The van der Waals surface area contributed by atoms with E-state index in [-0.39, 0.29) is 11.3 Å². The molecular weight excluding hydrogens is 207 g/mol. The van der Waals surface area contributed by atoms with Crippen molar-refractivity contribution in [1.82, 2.24) is 0 Å². The molecule has 0 fully saturated rings. The van der Waals surface area contributed by atoms with Gasteiger partial charge in [-0.2, -0.15) is 15.8 Å². The van der Waals surface area contributed by atoms with E-state index >= 15 is 0 Å². The first-order valence-electron chi connectivity index (χ1n) is 4.18. The number of anilines is 1. The van der Waals surface area contributed by atoms with E-state index < -0.39 is 5.82 Å². The Labute approximate surface area is 91.5 Å². The summed E-state index contributed by atoms with van der Waals surface area (Å²) in [5.74, 6) is -0.408. The van der Waals surface area contributed by atoms with Crippen molar-refractivity contribution in [3.63, 3.8) is 0 Å². The van der Waals surface area contributed by atoms with E-state index in [0.29, 0.717) is 5.69 Å². The Morgan fingerprint density at radius 3 is 2.00 bits per heavy atom. The van der Waals surface area contributed by atoms with Gasteiger partial charge in [-0.3, -0.25) is 0 Å². The summed E-state index contributed by atoms with van der Waals surface area (Å²) in [7, 11) is 0. The summed E-state index contributed by atoms with van der Waals surface area (Å²) in [6.45, 7) is 0. The minimum absolute atomic E-state index is 0.156. The molecule has 4 nitrogen and oxygen atoms in total. The summed E-state index contributed by atoms with van der Waals surface area (Å²) in [5.41, 5.74) is -0.0376. The second kappa shape index (κ2) is 5.14. The predicted molar refractivity (Wildman–Crippen MR) is 53.9 cm³/mol. The van der Waals surface area contributed by atoms with E-state index in [0.717, 1.165) is 0 Å². The summed E-state index contributed by atoms with van der Waals surface area (Å²) in [4.78, 5) is 0. The number of hydrogen-bond donors (Lipinski definition) is 1. The number of benzene rings is 1. The molecule has 76 valence electrons. The third kappa shape index (κ3) is 2.57. The minimum atomic E-state index is -0.408. The van der Waals surface area contributed by atoms with Crippen LogP contribution in [0.25, 0.3) is 0 Å². The fourth-order valence-electron chi connectivity index (χ4n) is 0.961. The van der Waals surface area contributed by atoms with Crippen molar-refractivity contribution in [2.75, 3.05) is 5.32 Å². The molecule has 0 aliphatic heterocycles. The van der Waals surface area contributed by atoms with Crippen LogP contribution in [0.3, 0.4) is 0 Å². The van der Waals surface area contributed by atoms with Crippen molar-refractivity contribution in [2.45, 2.75) is 0 Å². The van der Waals surface area contributed by atoms with Crippen LogP contribution in [0.15, 0.2) is 35.5 Å². The van der Waals surface area contributed by atoms with Crippen LogP contribution in [0.2, 0.25) is 0 Å². The second-order valence-electron chi connectivity index (χ2n) is 2.72. The highest BCUT2D eigenvalue weighted by atomic mass is 19.1. The first kappa shape index (κ1) is 11.2. The molecule has 0 radical (unpaired) electrons. The van der Waals surface area contributed by atoms with E-state index in [9.17, 15) is 4.39 Å². The Kier molecular flexibility index (Phi) is 3.61. The number of hydrogen-bond acceptors (Lipinski definition) is 4. The van der Waals surface area contributed by atoms with Gasteiger partial charge < -0.3 is 5.32 Å². The Bertz CT molecular complexity index is 521. The molecular formula is C11H5FN4. The lowest BCUT2D eigenvalue weighted by molar-refractivity contribution is 0.628. The van der Waals surface area contributed by atoms with Crippen LogP contribution in [-0.4, -0.2) is 0 Å². The topological polar surface area (TPSA) is 83.4 Å². The largest absolute Gasteiger partial charge is 0.345 e. The molecule has 1 aromatic carbocycles. The second-order valence-corrected chi connectivity index (χ2v) is 2.72. The van der Waals surface area contributed by atoms with Gasteiger partial charge in [-0.1, -0.05) is 0 Å². The minimum Gasteiger partial charge on any atom is -0.345 e. The third-order valence-electron chi connectivity index (χ3n) is 1.70. The number of halogens is 1. The first-order chi connectivity index (χ1) is 7.71. The normalized spacial score (nSPS) is 8.12. The maximum Gasteiger partial charge on any atom is 0.163 e. The van der Waals surface area contributed by atoms with Crippen LogP contribution in [0.1, 0.15) is 0 Å². The standard InChI is InChI=1S/C11H5FN4/c12-9-1-3-10(4-2-9)16-11(7-15)8(5-13)6-14/h1-4,16H. The van der Waals surface area contributed by atoms with Crippen molar-refractivity contribution in [1.29, 1.82) is 15.8 Å². The molecule has 0 atom stereocenters. The number of nitrogens with one attached hydrogen (secondary N) is 1. The molecule has 16 heavy (non-hydrogen) atoms. The molecule has 1 rings (SSSR count). The maximum atomic E-state index is 12.6. The third-order valence-corrected chi connectivity index (χ3v) is 1.70. The Hall–Kier alpha value is -2.84. The van der Waals surface area contributed by atoms with E-state index in [4.69, 9.17) is 15.8 Å². The molecule has 5 heteroatoms. The molecule has 0 heterocycles. The number of nitriles is 3. The molecule has 0 aliphatic rings. The highest BCUT2D eigenvalue weighted by Gasteiger charge is 2.05. The van der Waals surface area contributed by atoms with E-state index in [2.05, 4.69) is 5.32 Å². The van der Waals surface area contributed by atoms with E-state index in [1.165, 1.54) is 24.3 Å². The number of rotatable bonds is 2. The summed E-state index contributed by atoms with van der Waals surface area (Å²) in [6.07, 6.45) is 0. The predicted octanol–water partition coefficient (Wildman–Crippen LogP) is 2.06. The van der Waals surface area contributed by atoms with E-state index in [1.54, 1.807) is 18.2 Å². The molecule has 0 aliphatic carbocycles. The van der Waals surface area contributed by atoms with Gasteiger partial charge >= 0.3 is 0 Å². The summed E-state index contributed by atoms with van der Waals surface area (Å²) in [5, 5.41) is 28.4. The SMILES string of the molecule is N#CC(C#N)=C(C#N)Nc1ccc(F)cc1. The van der Waals surface area contributed by atoms with Crippen molar-refractivity contribution >= 4 is 5.69 Å². The molecule has 0 unspecified atom stereocenters. The Morgan fingerprint density at radius 2 is 1.56 bits per heavy atom. The van der Waals surface area contributed by atoms with Crippen molar-refractivity contribution in [3.05, 3.63) is 41.4 Å². The maximum absolute atomic E-state index is 12.6. The van der Waals surface area contributed by atoms with Crippen LogP contribution < -0.4 is 5.32 Å². The average molecular weight is 212 g/mol. The molecule has 0 bridgehead atoms. The average Bonchev–Trinajstić information content (AvgIpc) is 2.32. The zero-order valence-electron chi connectivity index (χ0n) is 8.03. The number of nitrogens with zero attached hydrogens (tertiary/aromatic N) is 3. The molecule has 0 saturated heterocycles. The highest BCUT2D eigenvalue weighted by molar-refractivity contribution is 5.58. The van der Waals surface area contributed by atoms with Crippen LogP contribution in [0.5, 0.6) is 0 Å². The van der Waals surface area contributed by atoms with Crippen LogP contribution in [0, 0.1) is 39.8 Å². The molecule has 1 N–H and O–H groups in total. The van der Waals surface area contributed by atoms with Gasteiger partial charge in [0.05, 0.1) is 0 Å². The van der Waals surface area contributed by atoms with Gasteiger partial charge in [0.15, 0.2) is 5.57 Å². The summed E-state index contributed by atoms with van der Waals surface area (Å²) < 4.78 is 12.6. The van der Waals surface area contributed by atoms with Gasteiger partial charge in [0.25, 0.3) is 0 Å². The van der Waals surface area contributed by atoms with Crippen molar-refractivity contribution in [2.24, 2.45) is 0 Å². The fraction of sp³-hybridized carbons (Fsp3) is 0. The van der Waals surface area contributed by atoms with Gasteiger partial charge in [0.2, 0.25) is 0 Å². The lowest BCUT2D eigenvalue weighted by Gasteiger charge is -2.03. The van der Waals surface area contributed by atoms with Crippen molar-refractivity contribution in [3.8, 4) is 18.2 Å². The Balaban J connectivity index is 3.02. The van der Waals surface area contributed by atoms with Crippen LogP contribution in [0.4, 0.5) is 10.1 Å². The Morgan fingerprint density at radius 1 is 1.00 bits per heavy atom. The van der Waals surface area contributed by atoms with Gasteiger partial charge in [0, 0.05) is 5.69 Å². The monoisotopic (exact) mass is 212 g/mol. The lowest BCUT2D eigenvalue weighted by atomic mass is 10.2. The zero-order chi connectivity index (χ0) is 12.0. The summed E-state index contributed by atoms with van der Waals surface area (Å²) >= 11 is 0. The lowest BCUT2D eigenvalue weighted by Crippen LogP contribution is -2.00. The molecule has 0 saturated carbocycles. The van der Waals surface area contributed by atoms with Crippen LogP contribution in [-0.2, 0) is 0 Å². The molecule has 0 spiro atoms. The van der Waals surface area contributed by atoms with Crippen molar-refractivity contribution < 1.29 is 4.39 Å². The first-order valence-corrected chi connectivity index (χ1v) is 4.18. The number of allylic oxidation sites excluding steroid dienone is 2. The molecule has 0 amide bonds. The van der Waals surface area contributed by atoms with Gasteiger partial charge in [-0.05, 0) is 24.3 Å². The molecule has 1 aromatic rings. The smallest absolute Gasteiger partial charge is 0.163 e. The van der Waals surface area contributed by atoms with Gasteiger partial charge in [-0.15, -0.1) is 0 Å². The quantitative estimate of drug-likeness (QED) is 0.760. The molecule has 0 aromatic heterocycles. The zero-order valence-corrected chi connectivity index (χ0v) is 8.03. The van der Waals surface area contributed by atoms with Gasteiger partial charge in [0.1, 0.15) is 29.7 Å².